The lowest BCUT2D eigenvalue weighted by Crippen LogP contribution is -2.44. The zero-order chi connectivity index (χ0) is 14.4. The summed E-state index contributed by atoms with van der Waals surface area (Å²) in [4.78, 5) is 0. The molecular formula is C15H20N2O3. The van der Waals surface area contributed by atoms with Crippen LogP contribution >= 0.6 is 0 Å². The van der Waals surface area contributed by atoms with Crippen molar-refractivity contribution in [3.8, 4) is 11.8 Å². The lowest BCUT2D eigenvalue weighted by Gasteiger charge is -2.32. The molecule has 0 unspecified atom stereocenters. The lowest BCUT2D eigenvalue weighted by atomic mass is 9.94. The van der Waals surface area contributed by atoms with E-state index in [1.54, 1.807) is 25.3 Å². The summed E-state index contributed by atoms with van der Waals surface area (Å²) < 4.78 is 10.5. The van der Waals surface area contributed by atoms with E-state index in [1.807, 2.05) is 0 Å². The zero-order valence-corrected chi connectivity index (χ0v) is 11.7. The molecule has 1 aromatic rings. The quantitative estimate of drug-likeness (QED) is 0.845. The highest BCUT2D eigenvalue weighted by Gasteiger charge is 2.29. The standard InChI is InChI=1S/C15H20N2O3/c1-19-14-3-2-12(9-16)8-13(14)10-17-11-15(18)4-6-20-7-5-15/h2-3,8,17-18H,4-7,10-11H2,1H3. The Kier molecular flexibility index (Phi) is 4.96. The first kappa shape index (κ1) is 14.8. The van der Waals surface area contributed by atoms with E-state index in [1.165, 1.54) is 0 Å². The SMILES string of the molecule is COc1ccc(C#N)cc1CNCC1(O)CCOCC1. The van der Waals surface area contributed by atoms with Crippen molar-refractivity contribution < 1.29 is 14.6 Å². The average Bonchev–Trinajstić information content (AvgIpc) is 2.47. The molecule has 20 heavy (non-hydrogen) atoms. The van der Waals surface area contributed by atoms with Gasteiger partial charge in [0.1, 0.15) is 5.75 Å². The van der Waals surface area contributed by atoms with E-state index in [2.05, 4.69) is 11.4 Å². The Hall–Kier alpha value is -1.61. The van der Waals surface area contributed by atoms with Gasteiger partial charge in [-0.1, -0.05) is 0 Å². The summed E-state index contributed by atoms with van der Waals surface area (Å²) >= 11 is 0. The van der Waals surface area contributed by atoms with E-state index in [0.717, 1.165) is 11.3 Å². The van der Waals surface area contributed by atoms with Crippen molar-refractivity contribution in [1.29, 1.82) is 5.26 Å². The summed E-state index contributed by atoms with van der Waals surface area (Å²) in [6, 6.07) is 7.44. The fourth-order valence-electron chi connectivity index (χ4n) is 2.34. The van der Waals surface area contributed by atoms with E-state index in [-0.39, 0.29) is 0 Å². The number of methoxy groups -OCH3 is 1. The monoisotopic (exact) mass is 276 g/mol. The van der Waals surface area contributed by atoms with Crippen molar-refractivity contribution in [3.63, 3.8) is 0 Å². The predicted octanol–water partition coefficient (Wildman–Crippen LogP) is 1.20. The van der Waals surface area contributed by atoms with E-state index in [0.29, 0.717) is 44.7 Å². The topological polar surface area (TPSA) is 74.5 Å². The van der Waals surface area contributed by atoms with Crippen LogP contribution < -0.4 is 10.1 Å². The molecule has 0 amide bonds. The Morgan fingerprint density at radius 2 is 2.20 bits per heavy atom. The Morgan fingerprint density at radius 3 is 2.85 bits per heavy atom. The van der Waals surface area contributed by atoms with Crippen LogP contribution in [0.5, 0.6) is 5.75 Å². The maximum atomic E-state index is 10.4. The summed E-state index contributed by atoms with van der Waals surface area (Å²) in [5, 5.41) is 22.5. The first-order valence-electron chi connectivity index (χ1n) is 6.75. The van der Waals surface area contributed by atoms with Gasteiger partial charge in [-0.2, -0.15) is 5.26 Å². The molecule has 2 N–H and O–H groups in total. The average molecular weight is 276 g/mol. The number of rotatable bonds is 5. The summed E-state index contributed by atoms with van der Waals surface area (Å²) in [5.41, 5.74) is 0.827. The van der Waals surface area contributed by atoms with Crippen molar-refractivity contribution in [3.05, 3.63) is 29.3 Å². The number of nitrogens with one attached hydrogen (secondary N) is 1. The van der Waals surface area contributed by atoms with Gasteiger partial charge >= 0.3 is 0 Å². The highest BCUT2D eigenvalue weighted by molar-refractivity contribution is 5.41. The molecule has 0 aromatic heterocycles. The second kappa shape index (κ2) is 6.71. The molecular weight excluding hydrogens is 256 g/mol. The van der Waals surface area contributed by atoms with E-state index < -0.39 is 5.60 Å². The maximum absolute atomic E-state index is 10.4. The molecule has 0 spiro atoms. The van der Waals surface area contributed by atoms with Crippen LogP contribution in [-0.4, -0.2) is 37.6 Å². The molecule has 2 rings (SSSR count). The van der Waals surface area contributed by atoms with Gasteiger partial charge in [0, 0.05) is 44.7 Å². The van der Waals surface area contributed by atoms with E-state index >= 15 is 0 Å². The molecule has 108 valence electrons. The molecule has 5 heteroatoms. The first-order chi connectivity index (χ1) is 9.67. The number of aliphatic hydroxyl groups is 1. The van der Waals surface area contributed by atoms with Gasteiger partial charge in [0.2, 0.25) is 0 Å². The van der Waals surface area contributed by atoms with Gasteiger partial charge in [-0.15, -0.1) is 0 Å². The third-order valence-electron chi connectivity index (χ3n) is 3.60. The lowest BCUT2D eigenvalue weighted by molar-refractivity contribution is -0.0617. The molecule has 1 aliphatic heterocycles. The minimum absolute atomic E-state index is 0.510. The summed E-state index contributed by atoms with van der Waals surface area (Å²) in [6.45, 7) is 2.27. The second-order valence-electron chi connectivity index (χ2n) is 5.08. The molecule has 1 aliphatic rings. The highest BCUT2D eigenvalue weighted by Crippen LogP contribution is 2.21. The Morgan fingerprint density at radius 1 is 1.45 bits per heavy atom. The summed E-state index contributed by atoms with van der Waals surface area (Å²) in [5.74, 6) is 0.746. The Bertz CT molecular complexity index is 490. The molecule has 1 aromatic carbocycles. The fraction of sp³-hybridized carbons (Fsp3) is 0.533. The maximum Gasteiger partial charge on any atom is 0.123 e. The molecule has 1 saturated heterocycles. The van der Waals surface area contributed by atoms with Gasteiger partial charge in [-0.25, -0.2) is 0 Å². The van der Waals surface area contributed by atoms with Crippen molar-refractivity contribution in [2.75, 3.05) is 26.9 Å². The van der Waals surface area contributed by atoms with Crippen LogP contribution in [0.15, 0.2) is 18.2 Å². The van der Waals surface area contributed by atoms with Crippen LogP contribution in [0.3, 0.4) is 0 Å². The number of nitrogens with zero attached hydrogens (tertiary/aromatic N) is 1. The van der Waals surface area contributed by atoms with E-state index in [9.17, 15) is 5.11 Å². The van der Waals surface area contributed by atoms with Gasteiger partial charge < -0.3 is 19.9 Å². The van der Waals surface area contributed by atoms with Crippen LogP contribution in [0.2, 0.25) is 0 Å². The number of hydrogen-bond donors (Lipinski definition) is 2. The van der Waals surface area contributed by atoms with Gasteiger partial charge in [-0.3, -0.25) is 0 Å². The smallest absolute Gasteiger partial charge is 0.123 e. The van der Waals surface area contributed by atoms with Crippen molar-refractivity contribution in [1.82, 2.24) is 5.32 Å². The zero-order valence-electron chi connectivity index (χ0n) is 11.7. The van der Waals surface area contributed by atoms with Crippen LogP contribution in [0, 0.1) is 11.3 Å². The molecule has 0 bridgehead atoms. The van der Waals surface area contributed by atoms with Crippen molar-refractivity contribution in [2.24, 2.45) is 0 Å². The van der Waals surface area contributed by atoms with Crippen LogP contribution in [0.4, 0.5) is 0 Å². The number of benzene rings is 1. The normalized spacial score (nSPS) is 17.4. The summed E-state index contributed by atoms with van der Waals surface area (Å²) in [6.07, 6.45) is 1.30. The number of nitriles is 1. The predicted molar refractivity (Wildman–Crippen MR) is 74.4 cm³/mol. The van der Waals surface area contributed by atoms with Crippen molar-refractivity contribution in [2.45, 2.75) is 25.0 Å². The first-order valence-corrected chi connectivity index (χ1v) is 6.75. The second-order valence-corrected chi connectivity index (χ2v) is 5.08. The largest absolute Gasteiger partial charge is 0.496 e. The molecule has 5 nitrogen and oxygen atoms in total. The van der Waals surface area contributed by atoms with E-state index in [4.69, 9.17) is 14.7 Å². The number of hydrogen-bond acceptors (Lipinski definition) is 5. The van der Waals surface area contributed by atoms with Crippen LogP contribution in [0.1, 0.15) is 24.0 Å². The molecule has 0 aliphatic carbocycles. The van der Waals surface area contributed by atoms with Crippen LogP contribution in [-0.2, 0) is 11.3 Å². The minimum Gasteiger partial charge on any atom is -0.496 e. The molecule has 0 radical (unpaired) electrons. The molecule has 1 fully saturated rings. The third-order valence-corrected chi connectivity index (χ3v) is 3.60. The number of ether oxygens (including phenoxy) is 2. The highest BCUT2D eigenvalue weighted by atomic mass is 16.5. The van der Waals surface area contributed by atoms with Gasteiger partial charge in [0.15, 0.2) is 0 Å². The third kappa shape index (κ3) is 3.70. The molecule has 0 atom stereocenters. The molecule has 0 saturated carbocycles. The van der Waals surface area contributed by atoms with Crippen LogP contribution in [0.25, 0.3) is 0 Å². The fourth-order valence-corrected chi connectivity index (χ4v) is 2.34. The summed E-state index contributed by atoms with van der Waals surface area (Å²) in [7, 11) is 1.61. The van der Waals surface area contributed by atoms with Gasteiger partial charge in [0.25, 0.3) is 0 Å². The Labute approximate surface area is 119 Å². The minimum atomic E-state index is -0.696. The van der Waals surface area contributed by atoms with Gasteiger partial charge in [0.05, 0.1) is 24.3 Å². The van der Waals surface area contributed by atoms with Gasteiger partial charge in [-0.05, 0) is 18.2 Å². The van der Waals surface area contributed by atoms with Crippen molar-refractivity contribution >= 4 is 0 Å². The molecule has 1 heterocycles. The Balaban J connectivity index is 1.94.